The molecule has 18 heavy (non-hydrogen) atoms. The third kappa shape index (κ3) is 4.79. The Hall–Kier alpha value is -0.860. The van der Waals surface area contributed by atoms with Crippen LogP contribution < -0.4 is 11.1 Å². The Morgan fingerprint density at radius 3 is 2.39 bits per heavy atom. The van der Waals surface area contributed by atoms with E-state index < -0.39 is 0 Å². The highest BCUT2D eigenvalue weighted by Gasteiger charge is 2.17. The van der Waals surface area contributed by atoms with E-state index in [-0.39, 0.29) is 6.04 Å². The topological polar surface area (TPSA) is 38.0 Å². The van der Waals surface area contributed by atoms with Gasteiger partial charge in [0.05, 0.1) is 0 Å². The molecular weight excluding hydrogens is 220 g/mol. The predicted octanol–water partition coefficient (Wildman–Crippen LogP) is 3.35. The molecule has 3 N–H and O–H groups in total. The first kappa shape index (κ1) is 15.2. The molecule has 1 rings (SSSR count). The summed E-state index contributed by atoms with van der Waals surface area (Å²) in [6.45, 7) is 11.1. The van der Waals surface area contributed by atoms with Crippen molar-refractivity contribution in [1.29, 1.82) is 0 Å². The molecule has 0 aliphatic heterocycles. The fourth-order valence-corrected chi connectivity index (χ4v) is 1.89. The van der Waals surface area contributed by atoms with Crippen molar-refractivity contribution in [1.82, 2.24) is 5.32 Å². The van der Waals surface area contributed by atoms with Crippen molar-refractivity contribution in [2.45, 2.75) is 40.2 Å². The fraction of sp³-hybridized carbons (Fsp3) is 0.625. The molecule has 1 aromatic rings. The van der Waals surface area contributed by atoms with Crippen molar-refractivity contribution >= 4 is 0 Å². The maximum absolute atomic E-state index is 6.28. The zero-order valence-electron chi connectivity index (χ0n) is 12.2. The quantitative estimate of drug-likeness (QED) is 0.776. The first-order valence-electron chi connectivity index (χ1n) is 6.97. The van der Waals surface area contributed by atoms with E-state index in [2.05, 4.69) is 57.3 Å². The average Bonchev–Trinajstić information content (AvgIpc) is 2.38. The molecule has 0 heterocycles. The van der Waals surface area contributed by atoms with Gasteiger partial charge in [-0.2, -0.15) is 0 Å². The van der Waals surface area contributed by atoms with Crippen LogP contribution in [-0.4, -0.2) is 13.1 Å². The van der Waals surface area contributed by atoms with Crippen LogP contribution in [0.1, 0.15) is 45.7 Å². The van der Waals surface area contributed by atoms with Gasteiger partial charge in [-0.25, -0.2) is 0 Å². The van der Waals surface area contributed by atoms with E-state index in [0.717, 1.165) is 13.1 Å². The summed E-state index contributed by atoms with van der Waals surface area (Å²) < 4.78 is 0. The summed E-state index contributed by atoms with van der Waals surface area (Å²) in [5.41, 5.74) is 7.88. The number of hydrogen-bond donors (Lipinski definition) is 2. The van der Waals surface area contributed by atoms with Crippen molar-refractivity contribution < 1.29 is 0 Å². The maximum atomic E-state index is 6.28. The summed E-state index contributed by atoms with van der Waals surface area (Å²) in [5, 5.41) is 3.55. The normalized spacial score (nSPS) is 15.4. The molecule has 0 bridgehead atoms. The Morgan fingerprint density at radius 2 is 1.83 bits per heavy atom. The maximum Gasteiger partial charge on any atom is 0.0333 e. The number of benzene rings is 1. The molecule has 0 spiro atoms. The van der Waals surface area contributed by atoms with Crippen LogP contribution in [-0.2, 0) is 0 Å². The molecule has 2 heteroatoms. The molecule has 0 saturated carbocycles. The number of hydrogen-bond acceptors (Lipinski definition) is 2. The summed E-state index contributed by atoms with van der Waals surface area (Å²) in [7, 11) is 0. The third-order valence-corrected chi connectivity index (χ3v) is 3.82. The molecule has 0 fully saturated rings. The molecule has 2 atom stereocenters. The van der Waals surface area contributed by atoms with Gasteiger partial charge in [0.1, 0.15) is 0 Å². The summed E-state index contributed by atoms with van der Waals surface area (Å²) in [5.74, 6) is 0.444. The Labute approximate surface area is 112 Å². The van der Waals surface area contributed by atoms with E-state index in [1.54, 1.807) is 0 Å². The fourth-order valence-electron chi connectivity index (χ4n) is 1.89. The number of rotatable bonds is 7. The van der Waals surface area contributed by atoms with Crippen molar-refractivity contribution in [3.8, 4) is 0 Å². The lowest BCUT2D eigenvalue weighted by Crippen LogP contribution is -2.35. The van der Waals surface area contributed by atoms with E-state index in [0.29, 0.717) is 11.3 Å². The van der Waals surface area contributed by atoms with Gasteiger partial charge in [0, 0.05) is 12.6 Å². The van der Waals surface area contributed by atoms with Gasteiger partial charge < -0.3 is 11.1 Å². The molecule has 0 aliphatic carbocycles. The Bertz CT molecular complexity index is 332. The minimum absolute atomic E-state index is 0.114. The van der Waals surface area contributed by atoms with Crippen LogP contribution in [0.3, 0.4) is 0 Å². The predicted molar refractivity (Wildman–Crippen MR) is 79.5 cm³/mol. The SMILES string of the molecule is CCC(C)(C)CNCC(C)C(N)c1ccccc1. The number of nitrogens with two attached hydrogens (primary N) is 1. The van der Waals surface area contributed by atoms with Crippen LogP contribution in [0.4, 0.5) is 0 Å². The van der Waals surface area contributed by atoms with Crippen LogP contribution in [0.25, 0.3) is 0 Å². The van der Waals surface area contributed by atoms with E-state index in [4.69, 9.17) is 5.73 Å². The smallest absolute Gasteiger partial charge is 0.0333 e. The standard InChI is InChI=1S/C16H28N2/c1-5-16(3,4)12-18-11-13(2)15(17)14-9-7-6-8-10-14/h6-10,13,15,18H,5,11-12,17H2,1-4H3. The molecule has 1 aromatic carbocycles. The van der Waals surface area contributed by atoms with Crippen LogP contribution in [0.2, 0.25) is 0 Å². The Kier molecular flexibility index (Phi) is 5.83. The minimum atomic E-state index is 0.114. The highest BCUT2D eigenvalue weighted by molar-refractivity contribution is 5.19. The second-order valence-corrected chi connectivity index (χ2v) is 6.06. The molecule has 102 valence electrons. The van der Waals surface area contributed by atoms with Crippen molar-refractivity contribution in [3.63, 3.8) is 0 Å². The summed E-state index contributed by atoms with van der Waals surface area (Å²) in [4.78, 5) is 0. The van der Waals surface area contributed by atoms with E-state index in [1.165, 1.54) is 12.0 Å². The molecule has 2 nitrogen and oxygen atoms in total. The highest BCUT2D eigenvalue weighted by atomic mass is 14.9. The van der Waals surface area contributed by atoms with Gasteiger partial charge in [-0.3, -0.25) is 0 Å². The van der Waals surface area contributed by atoms with Crippen LogP contribution in [0, 0.1) is 11.3 Å². The van der Waals surface area contributed by atoms with Crippen molar-refractivity contribution in [2.75, 3.05) is 13.1 Å². The Balaban J connectivity index is 2.39. The summed E-state index contributed by atoms with van der Waals surface area (Å²) in [6.07, 6.45) is 1.19. The molecule has 0 radical (unpaired) electrons. The van der Waals surface area contributed by atoms with Gasteiger partial charge in [-0.1, -0.05) is 58.0 Å². The zero-order chi connectivity index (χ0) is 13.6. The van der Waals surface area contributed by atoms with Crippen LogP contribution >= 0.6 is 0 Å². The van der Waals surface area contributed by atoms with Gasteiger partial charge in [0.2, 0.25) is 0 Å². The first-order chi connectivity index (χ1) is 8.46. The monoisotopic (exact) mass is 248 g/mol. The average molecular weight is 248 g/mol. The van der Waals surface area contributed by atoms with E-state index in [1.807, 2.05) is 6.07 Å². The first-order valence-corrected chi connectivity index (χ1v) is 6.97. The van der Waals surface area contributed by atoms with Gasteiger partial charge in [0.25, 0.3) is 0 Å². The van der Waals surface area contributed by atoms with Crippen molar-refractivity contribution in [3.05, 3.63) is 35.9 Å². The molecular formula is C16H28N2. The van der Waals surface area contributed by atoms with Crippen molar-refractivity contribution in [2.24, 2.45) is 17.1 Å². The molecule has 0 aliphatic rings. The molecule has 0 saturated heterocycles. The van der Waals surface area contributed by atoms with Gasteiger partial charge in [-0.05, 0) is 29.9 Å². The lowest BCUT2D eigenvalue weighted by molar-refractivity contribution is 0.310. The van der Waals surface area contributed by atoms with E-state index in [9.17, 15) is 0 Å². The number of nitrogens with one attached hydrogen (secondary N) is 1. The minimum Gasteiger partial charge on any atom is -0.324 e. The summed E-state index contributed by atoms with van der Waals surface area (Å²) in [6, 6.07) is 10.5. The lowest BCUT2D eigenvalue weighted by atomic mass is 9.89. The largest absolute Gasteiger partial charge is 0.324 e. The summed E-state index contributed by atoms with van der Waals surface area (Å²) >= 11 is 0. The van der Waals surface area contributed by atoms with Crippen LogP contribution in [0.5, 0.6) is 0 Å². The zero-order valence-corrected chi connectivity index (χ0v) is 12.2. The molecule has 0 amide bonds. The molecule has 0 aromatic heterocycles. The van der Waals surface area contributed by atoms with Crippen LogP contribution in [0.15, 0.2) is 30.3 Å². The lowest BCUT2D eigenvalue weighted by Gasteiger charge is -2.26. The van der Waals surface area contributed by atoms with Gasteiger partial charge in [-0.15, -0.1) is 0 Å². The van der Waals surface area contributed by atoms with Gasteiger partial charge in [0.15, 0.2) is 0 Å². The van der Waals surface area contributed by atoms with E-state index >= 15 is 0 Å². The highest BCUT2D eigenvalue weighted by Crippen LogP contribution is 2.20. The Morgan fingerprint density at radius 1 is 1.22 bits per heavy atom. The third-order valence-electron chi connectivity index (χ3n) is 3.82. The van der Waals surface area contributed by atoms with Gasteiger partial charge >= 0.3 is 0 Å². The second-order valence-electron chi connectivity index (χ2n) is 6.06. The second kappa shape index (κ2) is 6.91. The molecule has 2 unspecified atom stereocenters.